The van der Waals surface area contributed by atoms with Crippen LogP contribution in [0.15, 0.2) is 67.0 Å². The fourth-order valence-corrected chi connectivity index (χ4v) is 8.40. The predicted octanol–water partition coefficient (Wildman–Crippen LogP) is 9.62. The second kappa shape index (κ2) is 17.7. The Hall–Kier alpha value is -4.20. The highest BCUT2D eigenvalue weighted by Gasteiger charge is 2.30. The highest BCUT2D eigenvalue weighted by Crippen LogP contribution is 2.45. The largest absolute Gasteiger partial charge is 0.492 e. The van der Waals surface area contributed by atoms with Crippen LogP contribution >= 0.6 is 23.2 Å². The lowest BCUT2D eigenvalue weighted by molar-refractivity contribution is -0.117. The summed E-state index contributed by atoms with van der Waals surface area (Å²) in [5.41, 5.74) is 5.29. The van der Waals surface area contributed by atoms with Crippen molar-refractivity contribution in [3.8, 4) is 34.4 Å². The molecule has 4 aromatic rings. The molecule has 0 unspecified atom stereocenters. The molecule has 288 valence electrons. The van der Waals surface area contributed by atoms with E-state index in [-0.39, 0.29) is 12.7 Å². The zero-order chi connectivity index (χ0) is 38.4. The molecule has 1 aromatic heterocycles. The molecule has 2 atom stereocenters. The van der Waals surface area contributed by atoms with Gasteiger partial charge < -0.3 is 24.4 Å². The number of benzene rings is 3. The maximum atomic E-state index is 14.2. The van der Waals surface area contributed by atoms with Crippen molar-refractivity contribution in [1.29, 1.82) is 5.26 Å². The topological polar surface area (TPSA) is 96.7 Å². The van der Waals surface area contributed by atoms with Crippen molar-refractivity contribution in [3.63, 3.8) is 0 Å². The van der Waals surface area contributed by atoms with Gasteiger partial charge in [-0.3, -0.25) is 9.78 Å². The lowest BCUT2D eigenvalue weighted by atomic mass is 9.96. The Balaban J connectivity index is 1.04. The number of pyridine rings is 1. The molecule has 7 rings (SSSR count). The number of ketones is 1. The molecule has 1 saturated heterocycles. The number of nitrogens with zero attached hydrogens (tertiary/aromatic N) is 3. The first-order valence-electron chi connectivity index (χ1n) is 19.3. The van der Waals surface area contributed by atoms with E-state index in [4.69, 9.17) is 37.4 Å². The summed E-state index contributed by atoms with van der Waals surface area (Å²) < 4.78 is 33.4. The van der Waals surface area contributed by atoms with E-state index in [1.165, 1.54) is 11.8 Å². The number of hydrogen-bond acceptors (Lipinski definition) is 8. The zero-order valence-corrected chi connectivity index (χ0v) is 32.7. The average molecular weight is 786 g/mol. The quantitative estimate of drug-likeness (QED) is 0.119. The Kier molecular flexibility index (Phi) is 12.6. The number of nitriles is 1. The number of ether oxygens (including phenoxy) is 3. The summed E-state index contributed by atoms with van der Waals surface area (Å²) in [5.74, 6) is 2.44. The molecule has 55 heavy (non-hydrogen) atoms. The predicted molar refractivity (Wildman–Crippen MR) is 213 cm³/mol. The van der Waals surface area contributed by atoms with Gasteiger partial charge in [-0.25, -0.2) is 4.39 Å². The van der Waals surface area contributed by atoms with Gasteiger partial charge in [0.2, 0.25) is 0 Å². The van der Waals surface area contributed by atoms with Gasteiger partial charge in [0.1, 0.15) is 47.5 Å². The van der Waals surface area contributed by atoms with E-state index in [1.54, 1.807) is 19.2 Å². The summed E-state index contributed by atoms with van der Waals surface area (Å²) in [4.78, 5) is 18.3. The number of alkyl halides is 1. The van der Waals surface area contributed by atoms with E-state index in [2.05, 4.69) is 33.4 Å². The average Bonchev–Trinajstić information content (AvgIpc) is 3.80. The van der Waals surface area contributed by atoms with Crippen LogP contribution in [0.5, 0.6) is 17.2 Å². The maximum Gasteiger partial charge on any atom is 0.142 e. The monoisotopic (exact) mass is 784 g/mol. The van der Waals surface area contributed by atoms with Crippen molar-refractivity contribution < 1.29 is 23.4 Å². The minimum atomic E-state index is -1.05. The van der Waals surface area contributed by atoms with Gasteiger partial charge in [-0.05, 0) is 92.8 Å². The van der Waals surface area contributed by atoms with Crippen molar-refractivity contribution in [1.82, 2.24) is 15.2 Å². The molecular weight excluding hydrogens is 738 g/mol. The van der Waals surface area contributed by atoms with E-state index in [0.717, 1.165) is 79.7 Å². The number of carbonyl (C=O) groups excluding carboxylic acids is 1. The summed E-state index contributed by atoms with van der Waals surface area (Å²) in [6.07, 6.45) is 8.71. The molecule has 2 aliphatic carbocycles. The van der Waals surface area contributed by atoms with E-state index in [1.807, 2.05) is 36.4 Å². The molecule has 3 aromatic carbocycles. The fourth-order valence-electron chi connectivity index (χ4n) is 7.89. The van der Waals surface area contributed by atoms with Crippen molar-refractivity contribution in [3.05, 3.63) is 105 Å². The van der Waals surface area contributed by atoms with Gasteiger partial charge in [0.05, 0.1) is 22.2 Å². The lowest BCUT2D eigenvalue weighted by Crippen LogP contribution is -2.40. The molecule has 1 aliphatic heterocycles. The summed E-state index contributed by atoms with van der Waals surface area (Å²) in [6.45, 7) is 6.10. The van der Waals surface area contributed by atoms with E-state index < -0.39 is 5.67 Å². The van der Waals surface area contributed by atoms with Crippen LogP contribution in [-0.2, 0) is 24.4 Å². The SMILES string of the molecule is CC1(F)CCN(CCCOc2cccc(-c3cccc4c3CC[C@@H]4Oc3cc(OCc4cncc(C#N)c4)c(CNC[C@H]4CCC(=O)C4)cc3Cl)c2Cl)CC1. The molecule has 2 heterocycles. The van der Waals surface area contributed by atoms with Gasteiger partial charge in [-0.15, -0.1) is 0 Å². The highest BCUT2D eigenvalue weighted by molar-refractivity contribution is 6.35. The van der Waals surface area contributed by atoms with Crippen LogP contribution < -0.4 is 19.5 Å². The number of hydrogen-bond donors (Lipinski definition) is 1. The second-order valence-electron chi connectivity index (χ2n) is 15.2. The van der Waals surface area contributed by atoms with Crippen LogP contribution in [0.1, 0.15) is 85.8 Å². The number of fused-ring (bicyclic) bond motifs is 1. The fraction of sp³-hybridized carbons (Fsp3) is 0.432. The molecule has 0 spiro atoms. The number of rotatable bonds is 15. The second-order valence-corrected chi connectivity index (χ2v) is 16.0. The van der Waals surface area contributed by atoms with Crippen LogP contribution in [0.3, 0.4) is 0 Å². The molecule has 11 heteroatoms. The number of Topliss-reactive ketones (excluding diaryl/α,β-unsaturated/α-hetero) is 1. The van der Waals surface area contributed by atoms with Crippen LogP contribution in [-0.4, -0.2) is 54.1 Å². The van der Waals surface area contributed by atoms with Gasteiger partial charge in [0.25, 0.3) is 0 Å². The maximum absolute atomic E-state index is 14.2. The number of aromatic nitrogens is 1. The van der Waals surface area contributed by atoms with Crippen molar-refractivity contribution >= 4 is 29.0 Å². The molecule has 2 fully saturated rings. The lowest BCUT2D eigenvalue weighted by Gasteiger charge is -2.34. The molecule has 1 N–H and O–H groups in total. The van der Waals surface area contributed by atoms with Crippen LogP contribution in [0.4, 0.5) is 4.39 Å². The number of halogens is 3. The van der Waals surface area contributed by atoms with Gasteiger partial charge >= 0.3 is 0 Å². The smallest absolute Gasteiger partial charge is 0.142 e. The van der Waals surface area contributed by atoms with E-state index >= 15 is 0 Å². The first-order valence-corrected chi connectivity index (χ1v) is 20.0. The Morgan fingerprint density at radius 3 is 2.62 bits per heavy atom. The third-order valence-corrected chi connectivity index (χ3v) is 11.7. The van der Waals surface area contributed by atoms with Gasteiger partial charge in [0, 0.05) is 74.2 Å². The van der Waals surface area contributed by atoms with Crippen LogP contribution in [0.25, 0.3) is 11.1 Å². The van der Waals surface area contributed by atoms with Gasteiger partial charge in [-0.1, -0.05) is 53.5 Å². The van der Waals surface area contributed by atoms with Crippen molar-refractivity contribution in [2.24, 2.45) is 5.92 Å². The molecule has 3 aliphatic rings. The molecule has 1 saturated carbocycles. The molecule has 0 radical (unpaired) electrons. The van der Waals surface area contributed by atoms with E-state index in [9.17, 15) is 14.4 Å². The Labute approximate surface area is 332 Å². The number of piperidine rings is 1. The van der Waals surface area contributed by atoms with E-state index in [0.29, 0.717) is 83.4 Å². The Bertz CT molecular complexity index is 2040. The molecule has 0 amide bonds. The molecule has 8 nitrogen and oxygen atoms in total. The Morgan fingerprint density at radius 2 is 1.82 bits per heavy atom. The Morgan fingerprint density at radius 1 is 1.00 bits per heavy atom. The van der Waals surface area contributed by atoms with Crippen LogP contribution in [0, 0.1) is 17.2 Å². The third-order valence-electron chi connectivity index (χ3n) is 11.0. The normalized spacial score (nSPS) is 19.2. The summed E-state index contributed by atoms with van der Waals surface area (Å²) >= 11 is 13.9. The first kappa shape index (κ1) is 39.1. The third kappa shape index (κ3) is 9.79. The first-order chi connectivity index (χ1) is 26.7. The van der Waals surface area contributed by atoms with Gasteiger partial charge in [-0.2, -0.15) is 5.26 Å². The molecular formula is C44H47Cl2FN4O4. The summed E-state index contributed by atoms with van der Waals surface area (Å²) in [6, 6.07) is 19.8. The zero-order valence-electron chi connectivity index (χ0n) is 31.2. The van der Waals surface area contributed by atoms with Gasteiger partial charge in [0.15, 0.2) is 0 Å². The van der Waals surface area contributed by atoms with Crippen LogP contribution in [0.2, 0.25) is 10.0 Å². The number of carbonyl (C=O) groups is 1. The number of likely N-dealkylation sites (tertiary alicyclic amines) is 1. The van der Waals surface area contributed by atoms with Crippen molar-refractivity contribution in [2.75, 3.05) is 32.8 Å². The van der Waals surface area contributed by atoms with Crippen molar-refractivity contribution in [2.45, 2.75) is 83.2 Å². The standard InChI is InChI=1S/C44H47Cl2FN4O4/c1-44(47)13-16-51(17-14-44)15-4-18-53-40-8-3-7-37(43(40)46)34-5-2-6-36-35(34)11-12-39(36)55-42-22-41(54-28-31-19-30(23-48)25-49-26-31)32(21-38(42)45)27-50-24-29-9-10-33(52)20-29/h2-3,5-8,19,21-22,25-26,29,39,50H,4,9-18,20,24,27-28H2,1H3/t29-,39-/m0/s1. The summed E-state index contributed by atoms with van der Waals surface area (Å²) in [7, 11) is 0. The minimum absolute atomic E-state index is 0.214. The highest BCUT2D eigenvalue weighted by atomic mass is 35.5. The minimum Gasteiger partial charge on any atom is -0.492 e. The number of nitrogens with one attached hydrogen (secondary N) is 1. The molecule has 0 bridgehead atoms. The summed E-state index contributed by atoms with van der Waals surface area (Å²) in [5, 5.41) is 13.9.